The SMILES string of the molecule is CN(c1nc(OCC23CCCN2CCC3)nc2c(F)c(-c3cc(O)cc4ccccc34)ncc12)C1CNC1. The first kappa shape index (κ1) is 23.5. The second-order valence-corrected chi connectivity index (χ2v) is 10.9. The summed E-state index contributed by atoms with van der Waals surface area (Å²) in [5.41, 5.74) is 0.869. The number of hydrogen-bond donors (Lipinski definition) is 2. The summed E-state index contributed by atoms with van der Waals surface area (Å²) in [6, 6.07) is 11.2. The molecule has 196 valence electrons. The lowest BCUT2D eigenvalue weighted by Gasteiger charge is -2.37. The Morgan fingerprint density at radius 3 is 2.68 bits per heavy atom. The average molecular weight is 515 g/mol. The number of phenols is 1. The molecule has 0 aliphatic carbocycles. The van der Waals surface area contributed by atoms with E-state index in [0.29, 0.717) is 23.4 Å². The number of pyridine rings is 1. The Bertz CT molecular complexity index is 1530. The maximum absolute atomic E-state index is 16.4. The van der Waals surface area contributed by atoms with E-state index in [1.165, 1.54) is 12.8 Å². The van der Waals surface area contributed by atoms with E-state index in [9.17, 15) is 5.11 Å². The molecule has 5 heterocycles. The number of likely N-dealkylation sites (N-methyl/N-ethyl adjacent to an activating group) is 1. The number of rotatable bonds is 6. The number of hydrogen-bond acceptors (Lipinski definition) is 8. The normalized spacial score (nSPS) is 19.1. The Hall–Kier alpha value is -3.56. The van der Waals surface area contributed by atoms with Gasteiger partial charge in [0.2, 0.25) is 0 Å². The zero-order chi connectivity index (χ0) is 25.9. The van der Waals surface area contributed by atoms with Crippen LogP contribution in [0.5, 0.6) is 11.8 Å². The van der Waals surface area contributed by atoms with Gasteiger partial charge < -0.3 is 20.1 Å². The van der Waals surface area contributed by atoms with E-state index in [1.807, 2.05) is 31.3 Å². The van der Waals surface area contributed by atoms with Crippen LogP contribution < -0.4 is 15.0 Å². The molecule has 0 unspecified atom stereocenters. The molecule has 0 bridgehead atoms. The van der Waals surface area contributed by atoms with Crippen molar-refractivity contribution in [1.29, 1.82) is 0 Å². The van der Waals surface area contributed by atoms with Gasteiger partial charge in [-0.1, -0.05) is 24.3 Å². The van der Waals surface area contributed by atoms with E-state index in [1.54, 1.807) is 18.3 Å². The number of halogens is 1. The van der Waals surface area contributed by atoms with E-state index in [2.05, 4.69) is 25.1 Å². The topological polar surface area (TPSA) is 86.6 Å². The molecule has 2 aromatic heterocycles. The summed E-state index contributed by atoms with van der Waals surface area (Å²) in [6.45, 7) is 4.38. The van der Waals surface area contributed by atoms with Crippen LogP contribution in [0, 0.1) is 5.82 Å². The molecule has 0 amide bonds. The lowest BCUT2D eigenvalue weighted by Crippen LogP contribution is -2.56. The van der Waals surface area contributed by atoms with Crippen LogP contribution in [0.25, 0.3) is 32.9 Å². The fourth-order valence-electron chi connectivity index (χ4n) is 6.41. The van der Waals surface area contributed by atoms with Gasteiger partial charge in [0.05, 0.1) is 17.0 Å². The average Bonchev–Trinajstić information content (AvgIpc) is 3.46. The van der Waals surface area contributed by atoms with Gasteiger partial charge >= 0.3 is 6.01 Å². The van der Waals surface area contributed by atoms with Crippen molar-refractivity contribution in [3.63, 3.8) is 0 Å². The van der Waals surface area contributed by atoms with Crippen molar-refractivity contribution in [2.75, 3.05) is 44.7 Å². The number of nitrogens with zero attached hydrogens (tertiary/aromatic N) is 5. The largest absolute Gasteiger partial charge is 0.508 e. The summed E-state index contributed by atoms with van der Waals surface area (Å²) in [7, 11) is 1.97. The fourth-order valence-corrected chi connectivity index (χ4v) is 6.41. The number of aromatic nitrogens is 3. The maximum atomic E-state index is 16.4. The molecule has 8 nitrogen and oxygen atoms in total. The highest BCUT2D eigenvalue weighted by Gasteiger charge is 2.45. The molecule has 7 rings (SSSR count). The van der Waals surface area contributed by atoms with Gasteiger partial charge in [-0.25, -0.2) is 4.39 Å². The summed E-state index contributed by atoms with van der Waals surface area (Å²) in [6.07, 6.45) is 6.20. The standard InChI is InChI=1S/C29H31FN6O2/c1-35(19-14-31-15-19)27-23-16-32-25(22-13-20(37)12-18-6-2-3-7-21(18)22)24(30)26(23)33-28(34-27)38-17-29-8-4-10-36(29)11-5-9-29/h2-3,6-7,12-13,16,19,31,37H,4-5,8-11,14-15,17H2,1H3. The number of ether oxygens (including phenoxy) is 1. The smallest absolute Gasteiger partial charge is 0.319 e. The predicted molar refractivity (Wildman–Crippen MR) is 145 cm³/mol. The van der Waals surface area contributed by atoms with E-state index in [-0.39, 0.29) is 34.6 Å². The molecule has 3 aliphatic heterocycles. The highest BCUT2D eigenvalue weighted by molar-refractivity contribution is 5.99. The van der Waals surface area contributed by atoms with Gasteiger partial charge in [0, 0.05) is 31.9 Å². The van der Waals surface area contributed by atoms with Crippen molar-refractivity contribution in [2.45, 2.75) is 37.3 Å². The van der Waals surface area contributed by atoms with Crippen molar-refractivity contribution >= 4 is 27.5 Å². The Morgan fingerprint density at radius 2 is 1.92 bits per heavy atom. The fraction of sp³-hybridized carbons (Fsp3) is 0.414. The molecule has 38 heavy (non-hydrogen) atoms. The first-order valence-electron chi connectivity index (χ1n) is 13.4. The zero-order valence-electron chi connectivity index (χ0n) is 21.5. The molecule has 4 aromatic rings. The monoisotopic (exact) mass is 514 g/mol. The Balaban J connectivity index is 1.35. The third-order valence-corrected chi connectivity index (χ3v) is 8.67. The number of aromatic hydroxyl groups is 1. The molecular weight excluding hydrogens is 483 g/mol. The van der Waals surface area contributed by atoms with Gasteiger partial charge in [-0.3, -0.25) is 9.88 Å². The molecule has 0 spiro atoms. The first-order chi connectivity index (χ1) is 18.5. The molecule has 3 saturated heterocycles. The lowest BCUT2D eigenvalue weighted by atomic mass is 9.95. The van der Waals surface area contributed by atoms with E-state index in [4.69, 9.17) is 9.72 Å². The first-order valence-corrected chi connectivity index (χ1v) is 13.4. The van der Waals surface area contributed by atoms with Crippen LogP contribution in [0.1, 0.15) is 25.7 Å². The second kappa shape index (κ2) is 9.03. The van der Waals surface area contributed by atoms with Gasteiger partial charge in [0.15, 0.2) is 5.82 Å². The van der Waals surface area contributed by atoms with Gasteiger partial charge in [-0.05, 0) is 61.7 Å². The van der Waals surface area contributed by atoms with Crippen molar-refractivity contribution in [1.82, 2.24) is 25.2 Å². The van der Waals surface area contributed by atoms with E-state index >= 15 is 4.39 Å². The summed E-state index contributed by atoms with van der Waals surface area (Å²) < 4.78 is 22.6. The van der Waals surface area contributed by atoms with Crippen LogP contribution in [-0.2, 0) is 0 Å². The molecule has 3 fully saturated rings. The zero-order valence-corrected chi connectivity index (χ0v) is 21.5. The van der Waals surface area contributed by atoms with Crippen LogP contribution >= 0.6 is 0 Å². The maximum Gasteiger partial charge on any atom is 0.319 e. The molecule has 2 aromatic carbocycles. The highest BCUT2D eigenvalue weighted by atomic mass is 19.1. The molecule has 9 heteroatoms. The van der Waals surface area contributed by atoms with Gasteiger partial charge in [-0.15, -0.1) is 0 Å². The third-order valence-electron chi connectivity index (χ3n) is 8.67. The molecule has 0 saturated carbocycles. The van der Waals surface area contributed by atoms with Crippen molar-refractivity contribution in [2.24, 2.45) is 0 Å². The van der Waals surface area contributed by atoms with Crippen molar-refractivity contribution in [3.8, 4) is 23.0 Å². The number of fused-ring (bicyclic) bond motifs is 3. The number of nitrogens with one attached hydrogen (secondary N) is 1. The Kier molecular flexibility index (Phi) is 5.59. The quantitative estimate of drug-likeness (QED) is 0.398. The van der Waals surface area contributed by atoms with E-state index in [0.717, 1.165) is 49.8 Å². The summed E-state index contributed by atoms with van der Waals surface area (Å²) in [5.74, 6) is 0.123. The lowest BCUT2D eigenvalue weighted by molar-refractivity contribution is 0.108. The Labute approximate surface area is 220 Å². The van der Waals surface area contributed by atoms with Crippen LogP contribution in [-0.4, -0.2) is 76.4 Å². The number of anilines is 1. The minimum Gasteiger partial charge on any atom is -0.508 e. The van der Waals surface area contributed by atoms with Crippen LogP contribution in [0.2, 0.25) is 0 Å². The minimum atomic E-state index is -0.548. The summed E-state index contributed by atoms with van der Waals surface area (Å²) in [5, 5.41) is 15.8. The van der Waals surface area contributed by atoms with Crippen LogP contribution in [0.15, 0.2) is 42.6 Å². The molecular formula is C29H31FN6O2. The van der Waals surface area contributed by atoms with Crippen LogP contribution in [0.3, 0.4) is 0 Å². The minimum absolute atomic E-state index is 0.0324. The molecule has 2 N–H and O–H groups in total. The van der Waals surface area contributed by atoms with Gasteiger partial charge in [0.1, 0.15) is 29.4 Å². The molecule has 0 atom stereocenters. The summed E-state index contributed by atoms with van der Waals surface area (Å²) in [4.78, 5) is 18.5. The Morgan fingerprint density at radius 1 is 1.13 bits per heavy atom. The third kappa shape index (κ3) is 3.75. The van der Waals surface area contributed by atoms with Crippen molar-refractivity contribution in [3.05, 3.63) is 48.4 Å². The predicted octanol–water partition coefficient (Wildman–Crippen LogP) is 4.10. The molecule has 3 aliphatic rings. The molecule has 0 radical (unpaired) electrons. The second-order valence-electron chi connectivity index (χ2n) is 10.9. The summed E-state index contributed by atoms with van der Waals surface area (Å²) >= 11 is 0. The van der Waals surface area contributed by atoms with Gasteiger partial charge in [-0.2, -0.15) is 9.97 Å². The van der Waals surface area contributed by atoms with Crippen molar-refractivity contribution < 1.29 is 14.2 Å². The number of phenolic OH excluding ortho intramolecular Hbond substituents is 1. The highest BCUT2D eigenvalue weighted by Crippen LogP contribution is 2.40. The number of benzene rings is 2. The van der Waals surface area contributed by atoms with E-state index < -0.39 is 5.82 Å². The van der Waals surface area contributed by atoms with Gasteiger partial charge in [0.25, 0.3) is 0 Å². The van der Waals surface area contributed by atoms with Crippen LogP contribution in [0.4, 0.5) is 10.2 Å².